The fourth-order valence-corrected chi connectivity index (χ4v) is 4.04. The zero-order chi connectivity index (χ0) is 23.2. The summed E-state index contributed by atoms with van der Waals surface area (Å²) >= 11 is 1.71. The minimum Gasteiger partial charge on any atom is -0.445 e. The van der Waals surface area contributed by atoms with Crippen molar-refractivity contribution in [2.75, 3.05) is 5.75 Å². The van der Waals surface area contributed by atoms with Crippen LogP contribution in [-0.4, -0.2) is 36.1 Å². The van der Waals surface area contributed by atoms with Crippen molar-refractivity contribution < 1.29 is 19.1 Å². The molecule has 32 heavy (non-hydrogen) atoms. The molecule has 0 aliphatic carbocycles. The summed E-state index contributed by atoms with van der Waals surface area (Å²) in [6.45, 7) is 4.06. The first kappa shape index (κ1) is 25.5. The second-order valence-electron chi connectivity index (χ2n) is 7.97. The van der Waals surface area contributed by atoms with Crippen LogP contribution in [0.5, 0.6) is 0 Å². The van der Waals surface area contributed by atoms with Gasteiger partial charge in [0.2, 0.25) is 5.91 Å². The topological polar surface area (TPSA) is 84.5 Å². The van der Waals surface area contributed by atoms with Gasteiger partial charge in [-0.3, -0.25) is 4.79 Å². The monoisotopic (exact) mass is 456 g/mol. The molecule has 0 saturated carbocycles. The summed E-state index contributed by atoms with van der Waals surface area (Å²) in [5.41, 5.74) is 2.08. The maximum Gasteiger partial charge on any atom is 0.408 e. The fraction of sp³-hybridized carbons (Fsp3) is 0.400. The molecule has 6 nitrogen and oxygen atoms in total. The number of carbonyl (C=O) groups is 3. The van der Waals surface area contributed by atoms with Crippen LogP contribution in [-0.2, 0) is 26.7 Å². The van der Waals surface area contributed by atoms with Crippen LogP contribution in [0.1, 0.15) is 37.8 Å². The molecule has 0 bridgehead atoms. The Morgan fingerprint density at radius 3 is 2.19 bits per heavy atom. The molecule has 172 valence electrons. The molecule has 2 atom stereocenters. The lowest BCUT2D eigenvalue weighted by Crippen LogP contribution is -2.50. The molecule has 0 aliphatic heterocycles. The Bertz CT molecular complexity index is 830. The van der Waals surface area contributed by atoms with Gasteiger partial charge in [-0.15, -0.1) is 0 Å². The molecule has 2 N–H and O–H groups in total. The van der Waals surface area contributed by atoms with Crippen molar-refractivity contribution >= 4 is 30.0 Å². The number of rotatable bonds is 13. The zero-order valence-corrected chi connectivity index (χ0v) is 19.5. The number of amides is 2. The van der Waals surface area contributed by atoms with Crippen molar-refractivity contribution in [2.45, 2.75) is 51.1 Å². The van der Waals surface area contributed by atoms with E-state index in [1.807, 2.05) is 62.4 Å². The van der Waals surface area contributed by atoms with Crippen LogP contribution in [0, 0.1) is 5.92 Å². The highest BCUT2D eigenvalue weighted by atomic mass is 32.2. The Morgan fingerprint density at radius 2 is 1.59 bits per heavy atom. The molecular weight excluding hydrogens is 424 g/mol. The lowest BCUT2D eigenvalue weighted by atomic mass is 10.0. The average molecular weight is 457 g/mol. The van der Waals surface area contributed by atoms with E-state index in [0.29, 0.717) is 12.8 Å². The predicted molar refractivity (Wildman–Crippen MR) is 128 cm³/mol. The second-order valence-corrected chi connectivity index (χ2v) is 9.07. The van der Waals surface area contributed by atoms with E-state index in [1.165, 1.54) is 5.56 Å². The van der Waals surface area contributed by atoms with Crippen LogP contribution >= 0.6 is 11.8 Å². The maximum atomic E-state index is 12.8. The van der Waals surface area contributed by atoms with Crippen LogP contribution in [0.25, 0.3) is 0 Å². The molecule has 0 aromatic heterocycles. The van der Waals surface area contributed by atoms with Gasteiger partial charge < -0.3 is 20.2 Å². The number of hydrogen-bond acceptors (Lipinski definition) is 5. The van der Waals surface area contributed by atoms with E-state index < -0.39 is 18.2 Å². The third-order valence-corrected chi connectivity index (χ3v) is 5.77. The van der Waals surface area contributed by atoms with Gasteiger partial charge in [0, 0.05) is 5.75 Å². The minimum atomic E-state index is -0.766. The number of aldehydes is 1. The molecule has 2 aromatic carbocycles. The number of hydrogen-bond donors (Lipinski definition) is 2. The number of ether oxygens (including phenoxy) is 1. The summed E-state index contributed by atoms with van der Waals surface area (Å²) in [4.78, 5) is 36.5. The van der Waals surface area contributed by atoms with Crippen molar-refractivity contribution in [1.29, 1.82) is 0 Å². The molecule has 0 aliphatic rings. The highest BCUT2D eigenvalue weighted by Gasteiger charge is 2.24. The summed E-state index contributed by atoms with van der Waals surface area (Å²) in [5, 5.41) is 5.40. The van der Waals surface area contributed by atoms with Crippen LogP contribution in [0.15, 0.2) is 60.7 Å². The fourth-order valence-electron chi connectivity index (χ4n) is 3.04. The number of nitrogens with one attached hydrogen (secondary N) is 2. The largest absolute Gasteiger partial charge is 0.445 e. The van der Waals surface area contributed by atoms with E-state index >= 15 is 0 Å². The molecule has 0 spiro atoms. The molecule has 0 radical (unpaired) electrons. The highest BCUT2D eigenvalue weighted by molar-refractivity contribution is 7.98. The van der Waals surface area contributed by atoms with Crippen LogP contribution in [0.2, 0.25) is 0 Å². The summed E-state index contributed by atoms with van der Waals surface area (Å²) in [7, 11) is 0. The minimum absolute atomic E-state index is 0.123. The van der Waals surface area contributed by atoms with Gasteiger partial charge in [0.1, 0.15) is 18.9 Å². The van der Waals surface area contributed by atoms with Gasteiger partial charge in [0.15, 0.2) is 0 Å². The Balaban J connectivity index is 1.80. The molecule has 0 fully saturated rings. The standard InChI is InChI=1S/C25H32N2O4S/c1-19(2)15-23(27-25(30)31-17-20-9-5-3-6-10-20)24(29)26-22(16-28)13-14-32-18-21-11-7-4-8-12-21/h3-12,16,19,22-23H,13-15,17-18H2,1-2H3,(H,26,29)(H,27,30)/t22?,23-/m0/s1. The molecular formula is C25H32N2O4S. The molecule has 0 heterocycles. The summed E-state index contributed by atoms with van der Waals surface area (Å²) in [6, 6.07) is 18.1. The van der Waals surface area contributed by atoms with Gasteiger partial charge >= 0.3 is 6.09 Å². The lowest BCUT2D eigenvalue weighted by Gasteiger charge is -2.22. The Kier molecular flexibility index (Phi) is 11.4. The smallest absolute Gasteiger partial charge is 0.408 e. The number of carbonyl (C=O) groups excluding carboxylic acids is 3. The van der Waals surface area contributed by atoms with Gasteiger partial charge in [0.05, 0.1) is 6.04 Å². The molecule has 2 amide bonds. The van der Waals surface area contributed by atoms with Crippen molar-refractivity contribution in [1.82, 2.24) is 10.6 Å². The van der Waals surface area contributed by atoms with E-state index in [-0.39, 0.29) is 18.4 Å². The van der Waals surface area contributed by atoms with E-state index in [0.717, 1.165) is 23.4 Å². The van der Waals surface area contributed by atoms with Gasteiger partial charge in [-0.25, -0.2) is 4.79 Å². The molecule has 1 unspecified atom stereocenters. The van der Waals surface area contributed by atoms with Gasteiger partial charge in [-0.2, -0.15) is 11.8 Å². The maximum absolute atomic E-state index is 12.8. The van der Waals surface area contributed by atoms with Gasteiger partial charge in [0.25, 0.3) is 0 Å². The average Bonchev–Trinajstić information content (AvgIpc) is 2.80. The predicted octanol–water partition coefficient (Wildman–Crippen LogP) is 4.33. The third-order valence-electron chi connectivity index (χ3n) is 4.71. The lowest BCUT2D eigenvalue weighted by molar-refractivity contribution is -0.126. The first-order valence-electron chi connectivity index (χ1n) is 10.8. The summed E-state index contributed by atoms with van der Waals surface area (Å²) < 4.78 is 5.24. The van der Waals surface area contributed by atoms with Crippen LogP contribution in [0.3, 0.4) is 0 Å². The highest BCUT2D eigenvalue weighted by Crippen LogP contribution is 2.14. The summed E-state index contributed by atoms with van der Waals surface area (Å²) in [6.07, 6.45) is 1.07. The zero-order valence-electron chi connectivity index (χ0n) is 18.7. The molecule has 7 heteroatoms. The van der Waals surface area contributed by atoms with Crippen molar-refractivity contribution in [2.24, 2.45) is 5.92 Å². The first-order valence-corrected chi connectivity index (χ1v) is 12.0. The van der Waals surface area contributed by atoms with E-state index in [9.17, 15) is 14.4 Å². The molecule has 0 saturated heterocycles. The normalized spacial score (nSPS) is 12.6. The van der Waals surface area contributed by atoms with Crippen molar-refractivity contribution in [3.8, 4) is 0 Å². The number of benzene rings is 2. The molecule has 2 aromatic rings. The van der Waals surface area contributed by atoms with E-state index in [2.05, 4.69) is 22.8 Å². The quantitative estimate of drug-likeness (QED) is 0.346. The van der Waals surface area contributed by atoms with Gasteiger partial charge in [-0.1, -0.05) is 74.5 Å². The Morgan fingerprint density at radius 1 is 0.969 bits per heavy atom. The van der Waals surface area contributed by atoms with E-state index in [4.69, 9.17) is 4.74 Å². The Hall–Kier alpha value is -2.80. The van der Waals surface area contributed by atoms with Crippen molar-refractivity contribution in [3.05, 3.63) is 71.8 Å². The van der Waals surface area contributed by atoms with Crippen LogP contribution in [0.4, 0.5) is 4.79 Å². The Labute approximate surface area is 194 Å². The number of thioether (sulfide) groups is 1. The van der Waals surface area contributed by atoms with Crippen LogP contribution < -0.4 is 10.6 Å². The first-order chi connectivity index (χ1) is 15.5. The second kappa shape index (κ2) is 14.3. The van der Waals surface area contributed by atoms with Gasteiger partial charge in [-0.05, 0) is 35.6 Å². The molecule has 2 rings (SSSR count). The third kappa shape index (κ3) is 10.0. The summed E-state index contributed by atoms with van der Waals surface area (Å²) in [5.74, 6) is 1.39. The number of alkyl carbamates (subject to hydrolysis) is 1. The van der Waals surface area contributed by atoms with Crippen molar-refractivity contribution in [3.63, 3.8) is 0 Å². The van der Waals surface area contributed by atoms with E-state index in [1.54, 1.807) is 11.8 Å². The SMILES string of the molecule is CC(C)C[C@H](NC(=O)OCc1ccccc1)C(=O)NC(C=O)CCSCc1ccccc1.